The Bertz CT molecular complexity index is 689. The van der Waals surface area contributed by atoms with Crippen LogP contribution in [0.1, 0.15) is 43.0 Å². The standard InChI is InChI=1S/C20H22N2O/c1-2-15-9-6-10-19(15)21-22-20(23)18-13-11-17(12-14-18)16-7-4-3-5-8-16/h3-5,7-8,11-15H,2,6,9-10H2,1H3,(H,22,23)/b21-19-. The van der Waals surface area contributed by atoms with Crippen molar-refractivity contribution in [2.75, 3.05) is 0 Å². The van der Waals surface area contributed by atoms with E-state index in [1.165, 1.54) is 12.8 Å². The molecule has 1 amide bonds. The fourth-order valence-electron chi connectivity index (χ4n) is 3.12. The smallest absolute Gasteiger partial charge is 0.267 e. The summed E-state index contributed by atoms with van der Waals surface area (Å²) < 4.78 is 0. The van der Waals surface area contributed by atoms with E-state index in [-0.39, 0.29) is 5.91 Å². The fraction of sp³-hybridized carbons (Fsp3) is 0.300. The molecule has 0 heterocycles. The Morgan fingerprint density at radius 3 is 2.48 bits per heavy atom. The molecule has 3 rings (SSSR count). The fourth-order valence-corrected chi connectivity index (χ4v) is 3.12. The molecule has 3 heteroatoms. The van der Waals surface area contributed by atoms with Gasteiger partial charge >= 0.3 is 0 Å². The third kappa shape index (κ3) is 3.67. The van der Waals surface area contributed by atoms with Gasteiger partial charge in [-0.25, -0.2) is 5.43 Å². The van der Waals surface area contributed by atoms with Gasteiger partial charge in [0.1, 0.15) is 0 Å². The molecular weight excluding hydrogens is 284 g/mol. The molecule has 1 atom stereocenters. The molecule has 1 aliphatic carbocycles. The van der Waals surface area contributed by atoms with Gasteiger partial charge in [0.2, 0.25) is 0 Å². The quantitative estimate of drug-likeness (QED) is 0.821. The highest BCUT2D eigenvalue weighted by molar-refractivity contribution is 5.96. The van der Waals surface area contributed by atoms with Gasteiger partial charge in [0, 0.05) is 11.3 Å². The minimum Gasteiger partial charge on any atom is -0.267 e. The van der Waals surface area contributed by atoms with Crippen LogP contribution in [0.2, 0.25) is 0 Å². The van der Waals surface area contributed by atoms with Crippen LogP contribution in [0.4, 0.5) is 0 Å². The van der Waals surface area contributed by atoms with Crippen LogP contribution in [0.25, 0.3) is 11.1 Å². The Morgan fingerprint density at radius 1 is 1.09 bits per heavy atom. The zero-order valence-corrected chi connectivity index (χ0v) is 13.5. The average Bonchev–Trinajstić information content (AvgIpc) is 3.08. The van der Waals surface area contributed by atoms with Crippen LogP contribution in [0.3, 0.4) is 0 Å². The SMILES string of the molecule is CCC1CCC/C1=N/NC(=O)c1ccc(-c2ccccc2)cc1. The summed E-state index contributed by atoms with van der Waals surface area (Å²) >= 11 is 0. The third-order valence-electron chi connectivity index (χ3n) is 4.50. The Kier molecular flexibility index (Phi) is 4.86. The molecule has 0 aromatic heterocycles. The van der Waals surface area contributed by atoms with E-state index in [2.05, 4.69) is 29.6 Å². The molecule has 1 aliphatic rings. The maximum atomic E-state index is 12.2. The van der Waals surface area contributed by atoms with Crippen LogP contribution in [0.15, 0.2) is 59.7 Å². The Hall–Kier alpha value is -2.42. The first-order valence-corrected chi connectivity index (χ1v) is 8.30. The molecule has 2 aromatic rings. The predicted octanol–water partition coefficient (Wildman–Crippen LogP) is 4.65. The topological polar surface area (TPSA) is 41.5 Å². The van der Waals surface area contributed by atoms with Gasteiger partial charge < -0.3 is 0 Å². The summed E-state index contributed by atoms with van der Waals surface area (Å²) in [4.78, 5) is 12.2. The van der Waals surface area contributed by atoms with Crippen LogP contribution in [0.5, 0.6) is 0 Å². The van der Waals surface area contributed by atoms with Crippen molar-refractivity contribution in [3.8, 4) is 11.1 Å². The van der Waals surface area contributed by atoms with E-state index in [4.69, 9.17) is 0 Å². The molecule has 3 nitrogen and oxygen atoms in total. The van der Waals surface area contributed by atoms with Crippen molar-refractivity contribution in [2.24, 2.45) is 11.0 Å². The van der Waals surface area contributed by atoms with Crippen LogP contribution >= 0.6 is 0 Å². The van der Waals surface area contributed by atoms with Crippen LogP contribution < -0.4 is 5.43 Å². The van der Waals surface area contributed by atoms with Crippen molar-refractivity contribution in [1.82, 2.24) is 5.43 Å². The lowest BCUT2D eigenvalue weighted by Gasteiger charge is -2.08. The monoisotopic (exact) mass is 306 g/mol. The predicted molar refractivity (Wildman–Crippen MR) is 94.4 cm³/mol. The molecule has 0 aliphatic heterocycles. The second-order valence-corrected chi connectivity index (χ2v) is 5.98. The van der Waals surface area contributed by atoms with E-state index >= 15 is 0 Å². The number of carbonyl (C=O) groups excluding carboxylic acids is 1. The number of rotatable bonds is 4. The van der Waals surface area contributed by atoms with E-state index < -0.39 is 0 Å². The van der Waals surface area contributed by atoms with E-state index in [9.17, 15) is 4.79 Å². The molecule has 0 saturated heterocycles. The summed E-state index contributed by atoms with van der Waals surface area (Å²) in [6, 6.07) is 17.8. The van der Waals surface area contributed by atoms with Gasteiger partial charge in [-0.1, -0.05) is 49.4 Å². The number of amides is 1. The molecule has 2 aromatic carbocycles. The van der Waals surface area contributed by atoms with Gasteiger partial charge in [-0.2, -0.15) is 5.10 Å². The first-order valence-electron chi connectivity index (χ1n) is 8.30. The zero-order chi connectivity index (χ0) is 16.1. The lowest BCUT2D eigenvalue weighted by Crippen LogP contribution is -2.20. The largest absolute Gasteiger partial charge is 0.271 e. The lowest BCUT2D eigenvalue weighted by molar-refractivity contribution is 0.0954. The summed E-state index contributed by atoms with van der Waals surface area (Å²) in [5.74, 6) is 0.398. The Labute approximate surface area is 137 Å². The minimum atomic E-state index is -0.140. The van der Waals surface area contributed by atoms with E-state index in [1.807, 2.05) is 42.5 Å². The summed E-state index contributed by atoms with van der Waals surface area (Å²) in [5, 5.41) is 4.35. The molecule has 0 spiro atoms. The van der Waals surface area contributed by atoms with Crippen molar-refractivity contribution in [3.05, 3.63) is 60.2 Å². The van der Waals surface area contributed by atoms with Gasteiger partial charge in [0.15, 0.2) is 0 Å². The van der Waals surface area contributed by atoms with Crippen molar-refractivity contribution in [1.29, 1.82) is 0 Å². The first kappa shape index (κ1) is 15.5. The second kappa shape index (κ2) is 7.23. The molecule has 23 heavy (non-hydrogen) atoms. The molecule has 1 saturated carbocycles. The normalized spacial score (nSPS) is 19.0. The number of benzene rings is 2. The zero-order valence-electron chi connectivity index (χ0n) is 13.5. The van der Waals surface area contributed by atoms with Crippen molar-refractivity contribution in [2.45, 2.75) is 32.6 Å². The van der Waals surface area contributed by atoms with Gasteiger partial charge in [-0.3, -0.25) is 4.79 Å². The number of hydrogen-bond donors (Lipinski definition) is 1. The van der Waals surface area contributed by atoms with Crippen molar-refractivity contribution < 1.29 is 4.79 Å². The summed E-state index contributed by atoms with van der Waals surface area (Å²) in [7, 11) is 0. The van der Waals surface area contributed by atoms with Crippen molar-refractivity contribution >= 4 is 11.6 Å². The lowest BCUT2D eigenvalue weighted by atomic mass is 10.0. The number of hydrazone groups is 1. The van der Waals surface area contributed by atoms with Crippen LogP contribution in [-0.2, 0) is 0 Å². The van der Waals surface area contributed by atoms with Gasteiger partial charge in [-0.15, -0.1) is 0 Å². The molecule has 1 fully saturated rings. The Morgan fingerprint density at radius 2 is 1.78 bits per heavy atom. The van der Waals surface area contributed by atoms with E-state index in [0.717, 1.165) is 29.7 Å². The molecule has 1 unspecified atom stereocenters. The molecule has 0 radical (unpaired) electrons. The maximum Gasteiger partial charge on any atom is 0.271 e. The molecule has 118 valence electrons. The minimum absolute atomic E-state index is 0.140. The van der Waals surface area contributed by atoms with Crippen LogP contribution in [0, 0.1) is 5.92 Å². The number of hydrogen-bond acceptors (Lipinski definition) is 2. The number of nitrogens with zero attached hydrogens (tertiary/aromatic N) is 1. The summed E-state index contributed by atoms with van der Waals surface area (Å²) in [6.45, 7) is 2.18. The van der Waals surface area contributed by atoms with Gasteiger partial charge in [0.05, 0.1) is 0 Å². The summed E-state index contributed by atoms with van der Waals surface area (Å²) in [6.07, 6.45) is 4.47. The molecule has 0 bridgehead atoms. The summed E-state index contributed by atoms with van der Waals surface area (Å²) in [5.41, 5.74) is 6.75. The second-order valence-electron chi connectivity index (χ2n) is 5.98. The molecular formula is C20H22N2O. The highest BCUT2D eigenvalue weighted by atomic mass is 16.2. The maximum absolute atomic E-state index is 12.2. The molecule has 1 N–H and O–H groups in total. The highest BCUT2D eigenvalue weighted by Gasteiger charge is 2.21. The number of carbonyl (C=O) groups is 1. The van der Waals surface area contributed by atoms with E-state index in [1.54, 1.807) is 0 Å². The first-order chi connectivity index (χ1) is 11.3. The van der Waals surface area contributed by atoms with Gasteiger partial charge in [-0.05, 0) is 54.9 Å². The van der Waals surface area contributed by atoms with Crippen molar-refractivity contribution in [3.63, 3.8) is 0 Å². The Balaban J connectivity index is 1.67. The third-order valence-corrected chi connectivity index (χ3v) is 4.50. The average molecular weight is 306 g/mol. The number of nitrogens with one attached hydrogen (secondary N) is 1. The van der Waals surface area contributed by atoms with Crippen LogP contribution in [-0.4, -0.2) is 11.6 Å². The highest BCUT2D eigenvalue weighted by Crippen LogP contribution is 2.25. The van der Waals surface area contributed by atoms with E-state index in [0.29, 0.717) is 11.5 Å². The van der Waals surface area contributed by atoms with Gasteiger partial charge in [0.25, 0.3) is 5.91 Å².